The average molecular weight is 336 g/mol. The first-order valence-electron chi connectivity index (χ1n) is 6.77. The van der Waals surface area contributed by atoms with Crippen molar-refractivity contribution < 1.29 is 31.9 Å². The number of hydrogen-bond donors (Lipinski definition) is 1. The van der Waals surface area contributed by atoms with Gasteiger partial charge in [0.15, 0.2) is 0 Å². The first-order chi connectivity index (χ1) is 10.5. The predicted molar refractivity (Wildman–Crippen MR) is 74.8 cm³/mol. The molecule has 0 aromatic carbocycles. The Kier molecular flexibility index (Phi) is 6.20. The topological polar surface area (TPSA) is 71.8 Å². The number of nitrogens with zero attached hydrogens (tertiary/aromatic N) is 1. The van der Waals surface area contributed by atoms with Crippen LogP contribution in [0.3, 0.4) is 0 Å². The van der Waals surface area contributed by atoms with Gasteiger partial charge in [-0.1, -0.05) is 0 Å². The summed E-state index contributed by atoms with van der Waals surface area (Å²) >= 11 is 0. The Labute approximate surface area is 131 Å². The molecule has 23 heavy (non-hydrogen) atoms. The van der Waals surface area contributed by atoms with E-state index in [4.69, 9.17) is 4.42 Å². The molecular formula is C14H19F3N2O4. The molecule has 0 saturated heterocycles. The van der Waals surface area contributed by atoms with Gasteiger partial charge in [0.25, 0.3) is 0 Å². The van der Waals surface area contributed by atoms with Crippen LogP contribution < -0.4 is 5.32 Å². The highest BCUT2D eigenvalue weighted by atomic mass is 19.4. The molecule has 0 radical (unpaired) electrons. The van der Waals surface area contributed by atoms with Crippen LogP contribution in [0.15, 0.2) is 10.5 Å². The number of aryl methyl sites for hydroxylation is 1. The molecule has 0 bridgehead atoms. The third kappa shape index (κ3) is 5.59. The fourth-order valence-electron chi connectivity index (χ4n) is 1.85. The van der Waals surface area contributed by atoms with Crippen LogP contribution in [0.25, 0.3) is 0 Å². The number of alkyl halides is 3. The van der Waals surface area contributed by atoms with Gasteiger partial charge in [0.2, 0.25) is 5.91 Å². The Morgan fingerprint density at radius 1 is 1.43 bits per heavy atom. The molecule has 1 atom stereocenters. The van der Waals surface area contributed by atoms with E-state index in [-0.39, 0.29) is 12.1 Å². The minimum atomic E-state index is -4.46. The predicted octanol–water partition coefficient (Wildman–Crippen LogP) is 1.87. The number of halogens is 3. The molecule has 0 spiro atoms. The molecular weight excluding hydrogens is 317 g/mol. The van der Waals surface area contributed by atoms with Gasteiger partial charge in [-0.3, -0.25) is 9.69 Å². The summed E-state index contributed by atoms with van der Waals surface area (Å²) in [7, 11) is 2.81. The average Bonchev–Trinajstić information content (AvgIpc) is 2.82. The minimum absolute atomic E-state index is 0.151. The van der Waals surface area contributed by atoms with Gasteiger partial charge in [0.1, 0.15) is 23.6 Å². The maximum Gasteiger partial charge on any atom is 0.405 e. The second-order valence-corrected chi connectivity index (χ2v) is 5.10. The number of methoxy groups -OCH3 is 1. The molecule has 1 unspecified atom stereocenters. The molecule has 1 rings (SSSR count). The molecule has 6 nitrogen and oxygen atoms in total. The standard InChI is InChI=1S/C14H19F3N2O4/c1-8(12(20)18-7-14(15,16)17)19(3)6-10-5-11(9(2)23-10)13(21)22-4/h5,8H,6-7H2,1-4H3,(H,18,20). The molecule has 0 fully saturated rings. The van der Waals surface area contributed by atoms with Gasteiger partial charge in [0, 0.05) is 0 Å². The van der Waals surface area contributed by atoms with E-state index in [1.165, 1.54) is 25.0 Å². The fourth-order valence-corrected chi connectivity index (χ4v) is 1.85. The zero-order chi connectivity index (χ0) is 17.8. The number of furan rings is 1. The van der Waals surface area contributed by atoms with Crippen LogP contribution in [0, 0.1) is 6.92 Å². The van der Waals surface area contributed by atoms with Crippen LogP contribution in [0.5, 0.6) is 0 Å². The molecule has 130 valence electrons. The largest absolute Gasteiger partial charge is 0.465 e. The lowest BCUT2D eigenvalue weighted by Gasteiger charge is -2.23. The van der Waals surface area contributed by atoms with Crippen molar-refractivity contribution in [1.29, 1.82) is 0 Å². The van der Waals surface area contributed by atoms with Crippen molar-refractivity contribution >= 4 is 11.9 Å². The minimum Gasteiger partial charge on any atom is -0.465 e. The van der Waals surface area contributed by atoms with E-state index in [0.29, 0.717) is 11.5 Å². The van der Waals surface area contributed by atoms with Gasteiger partial charge in [0.05, 0.1) is 19.7 Å². The Balaban J connectivity index is 2.66. The van der Waals surface area contributed by atoms with E-state index in [2.05, 4.69) is 4.74 Å². The summed E-state index contributed by atoms with van der Waals surface area (Å²) in [5.41, 5.74) is 0.269. The quantitative estimate of drug-likeness (QED) is 0.803. The number of carbonyl (C=O) groups excluding carboxylic acids is 2. The van der Waals surface area contributed by atoms with Crippen LogP contribution in [0.2, 0.25) is 0 Å². The van der Waals surface area contributed by atoms with E-state index in [1.54, 1.807) is 14.0 Å². The van der Waals surface area contributed by atoms with E-state index < -0.39 is 30.6 Å². The number of likely N-dealkylation sites (N-methyl/N-ethyl adjacent to an activating group) is 1. The molecule has 0 aliphatic carbocycles. The zero-order valence-electron chi connectivity index (χ0n) is 13.3. The summed E-state index contributed by atoms with van der Waals surface area (Å²) in [4.78, 5) is 24.7. The Morgan fingerprint density at radius 3 is 2.57 bits per heavy atom. The second kappa shape index (κ2) is 7.49. The van der Waals surface area contributed by atoms with E-state index in [1.807, 2.05) is 5.32 Å². The summed E-state index contributed by atoms with van der Waals surface area (Å²) in [6.07, 6.45) is -4.46. The Hall–Kier alpha value is -2.03. The number of nitrogens with one attached hydrogen (secondary N) is 1. The maximum absolute atomic E-state index is 12.1. The summed E-state index contributed by atoms with van der Waals surface area (Å²) < 4.78 is 46.3. The number of ether oxygens (including phenoxy) is 1. The molecule has 1 aromatic rings. The summed E-state index contributed by atoms with van der Waals surface area (Å²) in [6.45, 7) is 1.84. The number of hydrogen-bond acceptors (Lipinski definition) is 5. The molecule has 0 aliphatic heterocycles. The Bertz CT molecular complexity index is 569. The smallest absolute Gasteiger partial charge is 0.405 e. The third-order valence-corrected chi connectivity index (χ3v) is 3.28. The third-order valence-electron chi connectivity index (χ3n) is 3.28. The molecule has 1 heterocycles. The normalized spacial score (nSPS) is 13.0. The van der Waals surface area contributed by atoms with Crippen molar-refractivity contribution in [1.82, 2.24) is 10.2 Å². The van der Waals surface area contributed by atoms with Gasteiger partial charge >= 0.3 is 12.1 Å². The molecule has 1 amide bonds. The molecule has 0 saturated carbocycles. The molecule has 1 N–H and O–H groups in total. The van der Waals surface area contributed by atoms with Gasteiger partial charge in [-0.05, 0) is 27.0 Å². The molecule has 1 aromatic heterocycles. The van der Waals surface area contributed by atoms with E-state index in [9.17, 15) is 22.8 Å². The lowest BCUT2D eigenvalue weighted by molar-refractivity contribution is -0.141. The molecule has 9 heteroatoms. The SMILES string of the molecule is COC(=O)c1cc(CN(C)C(C)C(=O)NCC(F)(F)F)oc1C. The van der Waals surface area contributed by atoms with Gasteiger partial charge in [-0.15, -0.1) is 0 Å². The van der Waals surface area contributed by atoms with Crippen molar-refractivity contribution in [2.45, 2.75) is 32.6 Å². The summed E-state index contributed by atoms with van der Waals surface area (Å²) in [6, 6.07) is 0.683. The first kappa shape index (κ1) is 19.0. The number of carbonyl (C=O) groups is 2. The zero-order valence-corrected chi connectivity index (χ0v) is 13.3. The molecule has 0 aliphatic rings. The van der Waals surface area contributed by atoms with Crippen molar-refractivity contribution in [3.63, 3.8) is 0 Å². The van der Waals surface area contributed by atoms with Crippen molar-refractivity contribution in [2.75, 3.05) is 20.7 Å². The van der Waals surface area contributed by atoms with Gasteiger partial charge in [-0.25, -0.2) is 4.79 Å². The van der Waals surface area contributed by atoms with Crippen molar-refractivity contribution in [2.24, 2.45) is 0 Å². The highest BCUT2D eigenvalue weighted by Crippen LogP contribution is 2.18. The van der Waals surface area contributed by atoms with Crippen molar-refractivity contribution in [3.8, 4) is 0 Å². The first-order valence-corrected chi connectivity index (χ1v) is 6.77. The maximum atomic E-state index is 12.1. The number of rotatable bonds is 6. The van der Waals surface area contributed by atoms with Crippen LogP contribution in [0.4, 0.5) is 13.2 Å². The van der Waals surface area contributed by atoms with Crippen LogP contribution >= 0.6 is 0 Å². The van der Waals surface area contributed by atoms with Crippen LogP contribution in [-0.2, 0) is 16.1 Å². The number of amides is 1. The summed E-state index contributed by atoms with van der Waals surface area (Å²) in [5.74, 6) is -0.521. The highest BCUT2D eigenvalue weighted by Gasteiger charge is 2.29. The lowest BCUT2D eigenvalue weighted by atomic mass is 10.2. The summed E-state index contributed by atoms with van der Waals surface area (Å²) in [5, 5.41) is 1.82. The van der Waals surface area contributed by atoms with Crippen molar-refractivity contribution in [3.05, 3.63) is 23.2 Å². The monoisotopic (exact) mass is 336 g/mol. The van der Waals surface area contributed by atoms with Crippen LogP contribution in [0.1, 0.15) is 28.8 Å². The second-order valence-electron chi connectivity index (χ2n) is 5.10. The van der Waals surface area contributed by atoms with E-state index in [0.717, 1.165) is 0 Å². The van der Waals surface area contributed by atoms with Gasteiger partial charge in [-0.2, -0.15) is 13.2 Å². The lowest BCUT2D eigenvalue weighted by Crippen LogP contribution is -2.45. The van der Waals surface area contributed by atoms with Gasteiger partial charge < -0.3 is 14.5 Å². The highest BCUT2D eigenvalue weighted by molar-refractivity contribution is 5.90. The fraction of sp³-hybridized carbons (Fsp3) is 0.571. The van der Waals surface area contributed by atoms with E-state index >= 15 is 0 Å². The number of esters is 1. The Morgan fingerprint density at radius 2 is 2.04 bits per heavy atom. The van der Waals surface area contributed by atoms with Crippen LogP contribution in [-0.4, -0.2) is 49.7 Å².